The smallest absolute Gasteiger partial charge is 0.315 e. The minimum absolute atomic E-state index is 0.0694. The molecule has 2 amide bonds. The van der Waals surface area contributed by atoms with E-state index in [9.17, 15) is 4.79 Å². The number of carbonyl (C=O) groups excluding carboxylic acids is 1. The monoisotopic (exact) mass is 496 g/mol. The van der Waals surface area contributed by atoms with Gasteiger partial charge in [0.2, 0.25) is 5.95 Å². The Labute approximate surface area is 211 Å². The summed E-state index contributed by atoms with van der Waals surface area (Å²) in [6.07, 6.45) is 1.84. The molecule has 1 aromatic carbocycles. The standard InChI is InChI=1S/C25H36N8OS/c1-16(2)29-24(34)27-14-18-9-7-8-10-19(18)20-13-21(22-15-28-25(35-22)30-17(3)4)32-23(31-20)26-11-12-33(5)6/h7-10,13,15-17H,11-12,14H2,1-6H3,(H,28,30)(H,26,31,32)(H2,27,29,34). The van der Waals surface area contributed by atoms with E-state index in [1.165, 1.54) is 0 Å². The van der Waals surface area contributed by atoms with Crippen molar-refractivity contribution >= 4 is 28.4 Å². The number of nitrogens with zero attached hydrogens (tertiary/aromatic N) is 4. The van der Waals surface area contributed by atoms with Gasteiger partial charge in [-0.05, 0) is 53.4 Å². The number of rotatable bonds is 11. The summed E-state index contributed by atoms with van der Waals surface area (Å²) in [6, 6.07) is 10.1. The molecule has 35 heavy (non-hydrogen) atoms. The first-order valence-electron chi connectivity index (χ1n) is 11.8. The number of hydrogen-bond donors (Lipinski definition) is 4. The van der Waals surface area contributed by atoms with Crippen LogP contribution in [-0.4, -0.2) is 65.2 Å². The van der Waals surface area contributed by atoms with Crippen LogP contribution in [-0.2, 0) is 6.54 Å². The van der Waals surface area contributed by atoms with E-state index in [1.807, 2.05) is 64.5 Å². The quantitative estimate of drug-likeness (QED) is 0.314. The van der Waals surface area contributed by atoms with Gasteiger partial charge in [0, 0.05) is 43.5 Å². The SMILES string of the molecule is CC(C)NC(=O)NCc1ccccc1-c1cc(-c2cnc(NC(C)C)s2)nc(NCCN(C)C)n1. The molecule has 0 fully saturated rings. The van der Waals surface area contributed by atoms with Crippen molar-refractivity contribution in [2.45, 2.75) is 46.3 Å². The Balaban J connectivity index is 1.94. The Bertz CT molecular complexity index is 1110. The van der Waals surface area contributed by atoms with Crippen LogP contribution in [0.5, 0.6) is 0 Å². The van der Waals surface area contributed by atoms with E-state index >= 15 is 0 Å². The first-order valence-corrected chi connectivity index (χ1v) is 12.7. The van der Waals surface area contributed by atoms with Gasteiger partial charge < -0.3 is 26.2 Å². The van der Waals surface area contributed by atoms with Gasteiger partial charge in [0.05, 0.1) is 16.3 Å². The van der Waals surface area contributed by atoms with Crippen molar-refractivity contribution in [3.8, 4) is 21.8 Å². The van der Waals surface area contributed by atoms with Gasteiger partial charge in [-0.3, -0.25) is 0 Å². The number of hydrogen-bond acceptors (Lipinski definition) is 8. The first-order chi connectivity index (χ1) is 16.7. The van der Waals surface area contributed by atoms with Crippen molar-refractivity contribution in [2.75, 3.05) is 37.8 Å². The number of urea groups is 1. The molecular formula is C25H36N8OS. The van der Waals surface area contributed by atoms with E-state index in [-0.39, 0.29) is 12.1 Å². The Morgan fingerprint density at radius 2 is 1.80 bits per heavy atom. The number of anilines is 2. The molecule has 0 saturated carbocycles. The van der Waals surface area contributed by atoms with Crippen molar-refractivity contribution in [1.29, 1.82) is 0 Å². The molecule has 0 unspecified atom stereocenters. The second-order valence-electron chi connectivity index (χ2n) is 9.16. The zero-order chi connectivity index (χ0) is 25.4. The number of thiazole rings is 1. The first kappa shape index (κ1) is 26.4. The minimum Gasteiger partial charge on any atom is -0.359 e. The summed E-state index contributed by atoms with van der Waals surface area (Å²) in [5.41, 5.74) is 3.51. The zero-order valence-electron chi connectivity index (χ0n) is 21.3. The highest BCUT2D eigenvalue weighted by Gasteiger charge is 2.15. The molecule has 0 bridgehead atoms. The van der Waals surface area contributed by atoms with Gasteiger partial charge in [-0.2, -0.15) is 0 Å². The molecule has 0 aliphatic rings. The fourth-order valence-corrected chi connectivity index (χ4v) is 4.22. The van der Waals surface area contributed by atoms with Crippen molar-refractivity contribution in [1.82, 2.24) is 30.5 Å². The highest BCUT2D eigenvalue weighted by molar-refractivity contribution is 7.18. The molecule has 2 aromatic heterocycles. The number of benzene rings is 1. The maximum absolute atomic E-state index is 12.1. The van der Waals surface area contributed by atoms with Gasteiger partial charge in [0.1, 0.15) is 0 Å². The van der Waals surface area contributed by atoms with Crippen molar-refractivity contribution in [3.63, 3.8) is 0 Å². The Morgan fingerprint density at radius 3 is 2.51 bits per heavy atom. The molecule has 3 aromatic rings. The average Bonchev–Trinajstić information content (AvgIpc) is 3.25. The van der Waals surface area contributed by atoms with E-state index in [2.05, 4.69) is 45.0 Å². The van der Waals surface area contributed by atoms with Crippen LogP contribution in [0.1, 0.15) is 33.3 Å². The lowest BCUT2D eigenvalue weighted by Gasteiger charge is -2.15. The number of nitrogens with one attached hydrogen (secondary N) is 4. The fraction of sp³-hybridized carbons (Fsp3) is 0.440. The van der Waals surface area contributed by atoms with Gasteiger partial charge in [0.15, 0.2) is 5.13 Å². The largest absolute Gasteiger partial charge is 0.359 e. The average molecular weight is 497 g/mol. The molecule has 188 valence electrons. The molecule has 0 spiro atoms. The van der Waals surface area contributed by atoms with Gasteiger partial charge in [-0.15, -0.1) is 0 Å². The lowest BCUT2D eigenvalue weighted by Crippen LogP contribution is -2.39. The highest BCUT2D eigenvalue weighted by atomic mass is 32.1. The topological polar surface area (TPSA) is 107 Å². The summed E-state index contributed by atoms with van der Waals surface area (Å²) in [5, 5.41) is 13.4. The third kappa shape index (κ3) is 8.18. The second-order valence-corrected chi connectivity index (χ2v) is 10.2. The van der Waals surface area contributed by atoms with Crippen LogP contribution in [0.15, 0.2) is 36.5 Å². The Kier molecular flexibility index (Phi) is 9.39. The number of amides is 2. The van der Waals surface area contributed by atoms with Gasteiger partial charge in [0.25, 0.3) is 0 Å². The molecule has 3 rings (SSSR count). The maximum Gasteiger partial charge on any atom is 0.315 e. The summed E-state index contributed by atoms with van der Waals surface area (Å²) >= 11 is 1.57. The fourth-order valence-electron chi connectivity index (χ4n) is 3.30. The summed E-state index contributed by atoms with van der Waals surface area (Å²) in [4.78, 5) is 29.3. The van der Waals surface area contributed by atoms with Crippen LogP contribution >= 0.6 is 11.3 Å². The molecule has 0 aliphatic heterocycles. The molecule has 10 heteroatoms. The molecule has 2 heterocycles. The predicted molar refractivity (Wildman–Crippen MR) is 145 cm³/mol. The molecule has 0 saturated heterocycles. The van der Waals surface area contributed by atoms with Crippen molar-refractivity contribution in [3.05, 3.63) is 42.1 Å². The molecule has 0 atom stereocenters. The van der Waals surface area contributed by atoms with Crippen molar-refractivity contribution < 1.29 is 4.79 Å². The molecule has 4 N–H and O–H groups in total. The van der Waals surface area contributed by atoms with Crippen LogP contribution < -0.4 is 21.3 Å². The predicted octanol–water partition coefficient (Wildman–Crippen LogP) is 4.27. The van der Waals surface area contributed by atoms with E-state index in [0.717, 1.165) is 45.6 Å². The molecule has 0 aliphatic carbocycles. The van der Waals surface area contributed by atoms with E-state index in [0.29, 0.717) is 18.5 Å². The zero-order valence-corrected chi connectivity index (χ0v) is 22.2. The van der Waals surface area contributed by atoms with Crippen LogP contribution in [0.25, 0.3) is 21.8 Å². The molecule has 9 nitrogen and oxygen atoms in total. The van der Waals surface area contributed by atoms with Gasteiger partial charge >= 0.3 is 6.03 Å². The summed E-state index contributed by atoms with van der Waals surface area (Å²) in [7, 11) is 4.06. The van der Waals surface area contributed by atoms with Gasteiger partial charge in [-0.25, -0.2) is 19.7 Å². The molecular weight excluding hydrogens is 460 g/mol. The van der Waals surface area contributed by atoms with Crippen LogP contribution in [0, 0.1) is 0 Å². The van der Waals surface area contributed by atoms with E-state index in [4.69, 9.17) is 9.97 Å². The lowest BCUT2D eigenvalue weighted by atomic mass is 10.0. The third-order valence-corrected chi connectivity index (χ3v) is 5.84. The summed E-state index contributed by atoms with van der Waals surface area (Å²) in [6.45, 7) is 10.0. The summed E-state index contributed by atoms with van der Waals surface area (Å²) < 4.78 is 0. The summed E-state index contributed by atoms with van der Waals surface area (Å²) in [5.74, 6) is 0.562. The number of likely N-dealkylation sites (N-methyl/N-ethyl adjacent to an activating group) is 1. The number of carbonyl (C=O) groups is 1. The third-order valence-electron chi connectivity index (χ3n) is 4.89. The number of aromatic nitrogens is 3. The minimum atomic E-state index is -0.195. The molecule has 0 radical (unpaired) electrons. The van der Waals surface area contributed by atoms with Gasteiger partial charge in [-0.1, -0.05) is 35.6 Å². The Hall–Kier alpha value is -3.24. The van der Waals surface area contributed by atoms with Crippen LogP contribution in [0.4, 0.5) is 15.9 Å². The Morgan fingerprint density at radius 1 is 1.06 bits per heavy atom. The normalized spacial score (nSPS) is 11.2. The maximum atomic E-state index is 12.1. The highest BCUT2D eigenvalue weighted by Crippen LogP contribution is 2.32. The van der Waals surface area contributed by atoms with E-state index < -0.39 is 0 Å². The van der Waals surface area contributed by atoms with Crippen molar-refractivity contribution in [2.24, 2.45) is 0 Å². The lowest BCUT2D eigenvalue weighted by molar-refractivity contribution is 0.238. The van der Waals surface area contributed by atoms with E-state index in [1.54, 1.807) is 11.3 Å². The van der Waals surface area contributed by atoms with Crippen LogP contribution in [0.2, 0.25) is 0 Å². The second kappa shape index (κ2) is 12.5. The van der Waals surface area contributed by atoms with Crippen LogP contribution in [0.3, 0.4) is 0 Å².